The van der Waals surface area contributed by atoms with E-state index in [1.807, 2.05) is 0 Å². The number of amides is 1. The molecule has 2 rings (SSSR count). The largest absolute Gasteiger partial charge is 0.500 e. The van der Waals surface area contributed by atoms with Gasteiger partial charge in [0.15, 0.2) is 5.75 Å². The monoisotopic (exact) mass is 290 g/mol. The Hall–Kier alpha value is -2.22. The Balaban J connectivity index is 0.00000180. The quantitative estimate of drug-likeness (QED) is 0.645. The van der Waals surface area contributed by atoms with Crippen molar-refractivity contribution in [3.8, 4) is 11.5 Å². The molecule has 0 radical (unpaired) electrons. The molecule has 0 spiro atoms. The van der Waals surface area contributed by atoms with E-state index in [-0.39, 0.29) is 24.8 Å². The van der Waals surface area contributed by atoms with Crippen molar-refractivity contribution in [2.45, 2.75) is 6.04 Å². The molecule has 0 aliphatic carbocycles. The first-order valence-corrected chi connectivity index (χ1v) is 5.01. The molecule has 19 heavy (non-hydrogen) atoms. The van der Waals surface area contributed by atoms with Gasteiger partial charge in [-0.3, -0.25) is 10.1 Å². The molecule has 0 aromatic heterocycles. The number of nitro groups is 1. The van der Waals surface area contributed by atoms with Crippen molar-refractivity contribution in [1.82, 2.24) is 5.32 Å². The number of hydrogen-bond donors (Lipinski definition) is 2. The second-order valence-corrected chi connectivity index (χ2v) is 3.64. The zero-order valence-corrected chi connectivity index (χ0v) is 10.6. The van der Waals surface area contributed by atoms with Crippen LogP contribution < -0.4 is 10.1 Å². The average molecular weight is 291 g/mol. The SMILES string of the molecule is COc1cc([C@H]2COC(=O)N2)cc([N+](=O)[O-])c1O.Cl. The minimum absolute atomic E-state index is 0. The zero-order valence-electron chi connectivity index (χ0n) is 9.78. The number of nitrogens with zero attached hydrogens (tertiary/aromatic N) is 1. The molecule has 2 N–H and O–H groups in total. The van der Waals surface area contributed by atoms with Gasteiger partial charge in [-0.15, -0.1) is 12.4 Å². The number of cyclic esters (lactones) is 1. The van der Waals surface area contributed by atoms with E-state index in [9.17, 15) is 20.0 Å². The molecule has 8 nitrogen and oxygen atoms in total. The first kappa shape index (κ1) is 14.8. The van der Waals surface area contributed by atoms with Crippen LogP contribution in [0.1, 0.15) is 11.6 Å². The lowest BCUT2D eigenvalue weighted by Crippen LogP contribution is -2.18. The maximum Gasteiger partial charge on any atom is 0.407 e. The molecule has 1 saturated heterocycles. The first-order chi connectivity index (χ1) is 8.52. The molecular weight excluding hydrogens is 280 g/mol. The Kier molecular flexibility index (Phi) is 4.38. The van der Waals surface area contributed by atoms with Gasteiger partial charge in [-0.05, 0) is 11.6 Å². The number of methoxy groups -OCH3 is 1. The van der Waals surface area contributed by atoms with Crippen molar-refractivity contribution in [1.29, 1.82) is 0 Å². The van der Waals surface area contributed by atoms with Gasteiger partial charge in [0.2, 0.25) is 5.75 Å². The van der Waals surface area contributed by atoms with Gasteiger partial charge in [0.05, 0.1) is 18.1 Å². The maximum atomic E-state index is 10.9. The summed E-state index contributed by atoms with van der Waals surface area (Å²) in [7, 11) is 1.28. The lowest BCUT2D eigenvalue weighted by atomic mass is 10.1. The summed E-state index contributed by atoms with van der Waals surface area (Å²) in [4.78, 5) is 21.0. The fourth-order valence-electron chi connectivity index (χ4n) is 1.67. The van der Waals surface area contributed by atoms with Gasteiger partial charge in [0.25, 0.3) is 0 Å². The number of alkyl carbamates (subject to hydrolysis) is 1. The van der Waals surface area contributed by atoms with Crippen molar-refractivity contribution in [3.63, 3.8) is 0 Å². The number of aromatic hydroxyl groups is 1. The van der Waals surface area contributed by atoms with E-state index in [0.29, 0.717) is 5.56 Å². The highest BCUT2D eigenvalue weighted by Gasteiger charge is 2.28. The van der Waals surface area contributed by atoms with E-state index in [1.165, 1.54) is 19.2 Å². The van der Waals surface area contributed by atoms with E-state index in [2.05, 4.69) is 5.32 Å². The third-order valence-corrected chi connectivity index (χ3v) is 2.57. The molecule has 1 atom stereocenters. The van der Waals surface area contributed by atoms with Crippen LogP contribution in [-0.4, -0.2) is 29.8 Å². The standard InChI is InChI=1S/C10H10N2O6.ClH/c1-17-8-3-5(6-4-18-10(14)11-6)2-7(9(8)13)12(15)16;/h2-3,6,13H,4H2,1H3,(H,11,14);1H/t6-;/m1./s1. The molecule has 0 saturated carbocycles. The van der Waals surface area contributed by atoms with Crippen molar-refractivity contribution in [2.24, 2.45) is 0 Å². The number of rotatable bonds is 3. The number of nitrogens with one attached hydrogen (secondary N) is 1. The Morgan fingerprint density at radius 1 is 1.58 bits per heavy atom. The van der Waals surface area contributed by atoms with Crippen LogP contribution in [0, 0.1) is 10.1 Å². The Labute approximate surface area is 113 Å². The van der Waals surface area contributed by atoms with Crippen LogP contribution in [0.2, 0.25) is 0 Å². The molecular formula is C10H11ClN2O6. The molecule has 1 aromatic carbocycles. The highest BCUT2D eigenvalue weighted by atomic mass is 35.5. The zero-order chi connectivity index (χ0) is 13.3. The second kappa shape index (κ2) is 5.61. The normalized spacial score (nSPS) is 17.1. The van der Waals surface area contributed by atoms with Crippen LogP contribution in [0.25, 0.3) is 0 Å². The van der Waals surface area contributed by atoms with Gasteiger partial charge >= 0.3 is 11.8 Å². The summed E-state index contributed by atoms with van der Waals surface area (Å²) in [6.45, 7) is 0.0733. The highest BCUT2D eigenvalue weighted by molar-refractivity contribution is 5.85. The van der Waals surface area contributed by atoms with Crippen molar-refractivity contribution < 1.29 is 24.3 Å². The fraction of sp³-hybridized carbons (Fsp3) is 0.300. The smallest absolute Gasteiger partial charge is 0.407 e. The third kappa shape index (κ3) is 2.79. The highest BCUT2D eigenvalue weighted by Crippen LogP contribution is 2.38. The number of phenolic OH excluding ortho intramolecular Hbond substituents is 1. The molecule has 0 unspecified atom stereocenters. The Morgan fingerprint density at radius 2 is 2.26 bits per heavy atom. The number of phenols is 1. The van der Waals surface area contributed by atoms with Gasteiger partial charge in [0, 0.05) is 6.07 Å². The number of ether oxygens (including phenoxy) is 2. The predicted octanol–water partition coefficient (Wildman–Crippen LogP) is 1.51. The summed E-state index contributed by atoms with van der Waals surface area (Å²) in [6.07, 6.45) is -0.588. The topological polar surface area (TPSA) is 111 Å². The fourth-order valence-corrected chi connectivity index (χ4v) is 1.67. The number of carbonyl (C=O) groups excluding carboxylic acids is 1. The molecule has 0 bridgehead atoms. The summed E-state index contributed by atoms with van der Waals surface area (Å²) in [5.41, 5.74) is -0.0484. The summed E-state index contributed by atoms with van der Waals surface area (Å²) < 4.78 is 9.56. The number of benzene rings is 1. The minimum Gasteiger partial charge on any atom is -0.500 e. The van der Waals surface area contributed by atoms with Gasteiger partial charge in [-0.25, -0.2) is 4.79 Å². The average Bonchev–Trinajstić information content (AvgIpc) is 2.76. The number of halogens is 1. The third-order valence-electron chi connectivity index (χ3n) is 2.57. The summed E-state index contributed by atoms with van der Waals surface area (Å²) in [6, 6.07) is 2.10. The number of hydrogen-bond acceptors (Lipinski definition) is 6. The van der Waals surface area contributed by atoms with Gasteiger partial charge < -0.3 is 19.9 Å². The lowest BCUT2D eigenvalue weighted by Gasteiger charge is -2.11. The van der Waals surface area contributed by atoms with Crippen LogP contribution in [0.3, 0.4) is 0 Å². The van der Waals surface area contributed by atoms with Gasteiger partial charge in [0.1, 0.15) is 6.61 Å². The molecule has 1 heterocycles. The van der Waals surface area contributed by atoms with Crippen molar-refractivity contribution in [3.05, 3.63) is 27.8 Å². The molecule has 9 heteroatoms. The molecule has 104 valence electrons. The molecule has 1 aliphatic heterocycles. The molecule has 1 amide bonds. The summed E-state index contributed by atoms with van der Waals surface area (Å²) in [5, 5.41) is 22.9. The minimum atomic E-state index is -0.723. The van der Waals surface area contributed by atoms with E-state index in [4.69, 9.17) is 9.47 Å². The van der Waals surface area contributed by atoms with Crippen LogP contribution in [-0.2, 0) is 4.74 Å². The maximum absolute atomic E-state index is 10.9. The molecule has 1 aliphatic rings. The number of carbonyl (C=O) groups is 1. The summed E-state index contributed by atoms with van der Waals surface area (Å²) >= 11 is 0. The lowest BCUT2D eigenvalue weighted by molar-refractivity contribution is -0.386. The van der Waals surface area contributed by atoms with Gasteiger partial charge in [-0.2, -0.15) is 0 Å². The van der Waals surface area contributed by atoms with Crippen LogP contribution >= 0.6 is 12.4 Å². The van der Waals surface area contributed by atoms with Crippen LogP contribution in [0.5, 0.6) is 11.5 Å². The predicted molar refractivity (Wildman–Crippen MR) is 65.8 cm³/mol. The van der Waals surface area contributed by atoms with E-state index in [0.717, 1.165) is 0 Å². The second-order valence-electron chi connectivity index (χ2n) is 3.64. The van der Waals surface area contributed by atoms with Crippen LogP contribution in [0.4, 0.5) is 10.5 Å². The number of nitro benzene ring substituents is 1. The van der Waals surface area contributed by atoms with E-state index < -0.39 is 28.5 Å². The Bertz CT molecular complexity index is 521. The Morgan fingerprint density at radius 3 is 2.74 bits per heavy atom. The first-order valence-electron chi connectivity index (χ1n) is 5.01. The van der Waals surface area contributed by atoms with Crippen molar-refractivity contribution >= 4 is 24.2 Å². The van der Waals surface area contributed by atoms with E-state index in [1.54, 1.807) is 0 Å². The molecule has 1 fully saturated rings. The van der Waals surface area contributed by atoms with E-state index >= 15 is 0 Å². The van der Waals surface area contributed by atoms with Gasteiger partial charge in [-0.1, -0.05) is 0 Å². The summed E-state index contributed by atoms with van der Waals surface area (Å²) in [5.74, 6) is -0.572. The van der Waals surface area contributed by atoms with Crippen LogP contribution in [0.15, 0.2) is 12.1 Å². The molecule has 1 aromatic rings. The van der Waals surface area contributed by atoms with Crippen molar-refractivity contribution in [2.75, 3.05) is 13.7 Å².